The van der Waals surface area contributed by atoms with Crippen LogP contribution < -0.4 is 5.32 Å². The van der Waals surface area contributed by atoms with Crippen LogP contribution in [0.1, 0.15) is 9.67 Å². The Morgan fingerprint density at radius 1 is 0.862 bits per heavy atom. The third-order valence-corrected chi connectivity index (χ3v) is 6.63. The van der Waals surface area contributed by atoms with Gasteiger partial charge in [-0.1, -0.05) is 42.5 Å². The van der Waals surface area contributed by atoms with Gasteiger partial charge in [0.05, 0.1) is 15.1 Å². The van der Waals surface area contributed by atoms with E-state index in [1.54, 1.807) is 17.5 Å². The Morgan fingerprint density at radius 2 is 1.72 bits per heavy atom. The molecule has 0 aliphatic carbocycles. The molecule has 0 radical (unpaired) electrons. The fourth-order valence-electron chi connectivity index (χ4n) is 3.04. The largest absolute Gasteiger partial charge is 0.321 e. The molecule has 0 saturated heterocycles. The number of hydrogen-bond donors (Lipinski definition) is 1. The zero-order valence-electron chi connectivity index (χ0n) is 15.2. The maximum atomic E-state index is 12.7. The van der Waals surface area contributed by atoms with Crippen LogP contribution in [-0.2, 0) is 0 Å². The van der Waals surface area contributed by atoms with Gasteiger partial charge in [0.25, 0.3) is 5.91 Å². The Balaban J connectivity index is 1.38. The molecule has 1 N–H and O–H groups in total. The minimum Gasteiger partial charge on any atom is -0.321 e. The molecule has 0 fully saturated rings. The van der Waals surface area contributed by atoms with E-state index in [0.29, 0.717) is 4.88 Å². The molecule has 0 aliphatic heterocycles. The van der Waals surface area contributed by atoms with Gasteiger partial charge in [-0.05, 0) is 35.9 Å². The van der Waals surface area contributed by atoms with Crippen LogP contribution in [0.2, 0.25) is 0 Å². The van der Waals surface area contributed by atoms with Crippen LogP contribution in [0.15, 0.2) is 85.2 Å². The summed E-state index contributed by atoms with van der Waals surface area (Å²) in [6.45, 7) is 0. The molecule has 5 rings (SSSR count). The first-order chi connectivity index (χ1) is 14.3. The van der Waals surface area contributed by atoms with Crippen molar-refractivity contribution >= 4 is 44.5 Å². The molecule has 1 amide bonds. The van der Waals surface area contributed by atoms with Gasteiger partial charge in [0.15, 0.2) is 0 Å². The Labute approximate surface area is 175 Å². The number of anilines is 1. The Bertz CT molecular complexity index is 1270. The number of fused-ring (bicyclic) bond motifs is 1. The average molecular weight is 414 g/mol. The highest BCUT2D eigenvalue weighted by Crippen LogP contribution is 2.32. The van der Waals surface area contributed by atoms with Crippen molar-refractivity contribution < 1.29 is 4.79 Å². The number of benzene rings is 2. The Morgan fingerprint density at radius 3 is 2.59 bits per heavy atom. The molecule has 0 bridgehead atoms. The van der Waals surface area contributed by atoms with Crippen LogP contribution in [-0.4, -0.2) is 15.9 Å². The molecule has 4 nitrogen and oxygen atoms in total. The van der Waals surface area contributed by atoms with Gasteiger partial charge in [-0.25, -0.2) is 4.98 Å². The van der Waals surface area contributed by atoms with Crippen molar-refractivity contribution in [3.63, 3.8) is 0 Å². The lowest BCUT2D eigenvalue weighted by Gasteiger charge is -2.05. The summed E-state index contributed by atoms with van der Waals surface area (Å²) in [6, 6.07) is 23.6. The van der Waals surface area contributed by atoms with Crippen molar-refractivity contribution in [1.29, 1.82) is 0 Å². The molecule has 2 aromatic carbocycles. The Hall–Kier alpha value is -3.35. The zero-order chi connectivity index (χ0) is 19.6. The quantitative estimate of drug-likeness (QED) is 0.374. The first-order valence-electron chi connectivity index (χ1n) is 9.04. The second-order valence-corrected chi connectivity index (χ2v) is 8.54. The average Bonchev–Trinajstić information content (AvgIpc) is 3.42. The van der Waals surface area contributed by atoms with Crippen molar-refractivity contribution in [2.75, 3.05) is 5.32 Å². The molecule has 3 aromatic heterocycles. The minimum absolute atomic E-state index is 0.108. The van der Waals surface area contributed by atoms with Gasteiger partial charge in [0.1, 0.15) is 5.01 Å². The SMILES string of the molecule is O=C(Nc1cccc(-c2nc3ccncc3s2)c1)c1ccc(-c2ccccc2)s1. The van der Waals surface area contributed by atoms with Gasteiger partial charge in [0.2, 0.25) is 0 Å². The molecular formula is C23H15N3OS2. The van der Waals surface area contributed by atoms with Crippen LogP contribution in [0.3, 0.4) is 0 Å². The third-order valence-electron chi connectivity index (χ3n) is 4.45. The number of nitrogens with zero attached hydrogens (tertiary/aromatic N) is 2. The minimum atomic E-state index is -0.108. The molecule has 0 spiro atoms. The van der Waals surface area contributed by atoms with Crippen molar-refractivity contribution in [3.8, 4) is 21.0 Å². The molecule has 0 unspecified atom stereocenters. The highest BCUT2D eigenvalue weighted by molar-refractivity contribution is 7.21. The molecule has 5 aromatic rings. The first-order valence-corrected chi connectivity index (χ1v) is 10.7. The van der Waals surface area contributed by atoms with Crippen LogP contribution in [0.25, 0.3) is 31.2 Å². The monoisotopic (exact) mass is 413 g/mol. The number of thiazole rings is 1. The number of aromatic nitrogens is 2. The maximum absolute atomic E-state index is 12.7. The van der Waals surface area contributed by atoms with Crippen LogP contribution in [0, 0.1) is 0 Å². The number of amides is 1. The normalized spacial score (nSPS) is 10.9. The van der Waals surface area contributed by atoms with Gasteiger partial charge in [-0.3, -0.25) is 9.78 Å². The second-order valence-electron chi connectivity index (χ2n) is 6.43. The second kappa shape index (κ2) is 7.58. The molecule has 140 valence electrons. The molecule has 6 heteroatoms. The molecule has 0 atom stereocenters. The number of hydrogen-bond acceptors (Lipinski definition) is 5. The van der Waals surface area contributed by atoms with Crippen LogP contribution in [0.5, 0.6) is 0 Å². The highest BCUT2D eigenvalue weighted by Gasteiger charge is 2.12. The van der Waals surface area contributed by atoms with Gasteiger partial charge in [-0.2, -0.15) is 0 Å². The topological polar surface area (TPSA) is 54.9 Å². The van der Waals surface area contributed by atoms with E-state index in [-0.39, 0.29) is 5.91 Å². The number of carbonyl (C=O) groups is 1. The molecule has 0 saturated carbocycles. The molecule has 3 heterocycles. The van der Waals surface area contributed by atoms with E-state index in [2.05, 4.69) is 15.3 Å². The fourth-order valence-corrected chi connectivity index (χ4v) is 4.88. The van der Waals surface area contributed by atoms with Crippen molar-refractivity contribution in [1.82, 2.24) is 9.97 Å². The smallest absolute Gasteiger partial charge is 0.265 e. The number of thiophene rings is 1. The van der Waals surface area contributed by atoms with Crippen molar-refractivity contribution in [2.45, 2.75) is 0 Å². The van der Waals surface area contributed by atoms with E-state index >= 15 is 0 Å². The summed E-state index contributed by atoms with van der Waals surface area (Å²) in [4.78, 5) is 23.3. The van der Waals surface area contributed by atoms with E-state index in [1.807, 2.05) is 79.0 Å². The lowest BCUT2D eigenvalue weighted by Crippen LogP contribution is -2.09. The summed E-state index contributed by atoms with van der Waals surface area (Å²) in [7, 11) is 0. The van der Waals surface area contributed by atoms with Gasteiger partial charge in [0, 0.05) is 28.5 Å². The van der Waals surface area contributed by atoms with E-state index in [1.165, 1.54) is 11.3 Å². The van der Waals surface area contributed by atoms with Gasteiger partial charge >= 0.3 is 0 Å². The number of carbonyl (C=O) groups excluding carboxylic acids is 1. The molecule has 29 heavy (non-hydrogen) atoms. The summed E-state index contributed by atoms with van der Waals surface area (Å²) in [6.07, 6.45) is 3.57. The standard InChI is InChI=1S/C23H15N3OS2/c27-22(20-10-9-19(28-20)15-5-2-1-3-6-15)25-17-8-4-7-16(13-17)23-26-18-11-12-24-14-21(18)29-23/h1-14H,(H,25,27). The van der Waals surface area contributed by atoms with Crippen LogP contribution >= 0.6 is 22.7 Å². The predicted octanol–water partition coefficient (Wildman–Crippen LogP) is 6.34. The summed E-state index contributed by atoms with van der Waals surface area (Å²) >= 11 is 3.08. The van der Waals surface area contributed by atoms with E-state index in [0.717, 1.165) is 36.9 Å². The first kappa shape index (κ1) is 17.7. The van der Waals surface area contributed by atoms with E-state index < -0.39 is 0 Å². The molecule has 0 aliphatic rings. The van der Waals surface area contributed by atoms with Crippen molar-refractivity contribution in [3.05, 3.63) is 90.1 Å². The summed E-state index contributed by atoms with van der Waals surface area (Å²) in [5.74, 6) is -0.108. The lowest BCUT2D eigenvalue weighted by atomic mass is 10.2. The van der Waals surface area contributed by atoms with Gasteiger partial charge < -0.3 is 5.32 Å². The number of nitrogens with one attached hydrogen (secondary N) is 1. The summed E-state index contributed by atoms with van der Waals surface area (Å²) in [5, 5.41) is 3.91. The summed E-state index contributed by atoms with van der Waals surface area (Å²) in [5.41, 5.74) is 3.77. The van der Waals surface area contributed by atoms with E-state index in [4.69, 9.17) is 0 Å². The van der Waals surface area contributed by atoms with Crippen molar-refractivity contribution in [2.24, 2.45) is 0 Å². The lowest BCUT2D eigenvalue weighted by molar-refractivity contribution is 0.103. The zero-order valence-corrected chi connectivity index (χ0v) is 16.8. The Kier molecular flexibility index (Phi) is 4.63. The highest BCUT2D eigenvalue weighted by atomic mass is 32.1. The fraction of sp³-hybridized carbons (Fsp3) is 0. The molecular weight excluding hydrogens is 398 g/mol. The predicted molar refractivity (Wildman–Crippen MR) is 121 cm³/mol. The summed E-state index contributed by atoms with van der Waals surface area (Å²) < 4.78 is 1.05. The third kappa shape index (κ3) is 3.68. The van der Waals surface area contributed by atoms with Gasteiger partial charge in [-0.15, -0.1) is 22.7 Å². The number of rotatable bonds is 4. The maximum Gasteiger partial charge on any atom is 0.265 e. The van der Waals surface area contributed by atoms with E-state index in [9.17, 15) is 4.79 Å². The van der Waals surface area contributed by atoms with Crippen LogP contribution in [0.4, 0.5) is 5.69 Å². The number of pyridine rings is 1.